The largest absolute Gasteiger partial charge is 0.489 e. The van der Waals surface area contributed by atoms with Gasteiger partial charge < -0.3 is 9.47 Å². The zero-order chi connectivity index (χ0) is 14.9. The highest BCUT2D eigenvalue weighted by Gasteiger charge is 2.07. The van der Waals surface area contributed by atoms with Crippen LogP contribution in [0.2, 0.25) is 0 Å². The molecule has 2 nitrogen and oxygen atoms in total. The van der Waals surface area contributed by atoms with E-state index >= 15 is 0 Å². The topological polar surface area (TPSA) is 18.5 Å². The molecule has 0 bridgehead atoms. The number of hydrogen-bond acceptors (Lipinski definition) is 2. The molecular weight excluding hydrogens is 260 g/mol. The molecule has 2 aromatic carbocycles. The van der Waals surface area contributed by atoms with Crippen LogP contribution < -0.4 is 9.47 Å². The molecule has 0 aliphatic carbocycles. The van der Waals surface area contributed by atoms with Crippen LogP contribution in [0.15, 0.2) is 73.8 Å². The zero-order valence-corrected chi connectivity index (χ0v) is 12.1. The number of rotatable bonds is 8. The molecule has 0 amide bonds. The van der Waals surface area contributed by atoms with Crippen LogP contribution in [0.3, 0.4) is 0 Å². The van der Waals surface area contributed by atoms with Crippen LogP contribution in [0.4, 0.5) is 0 Å². The molecule has 0 radical (unpaired) electrons. The van der Waals surface area contributed by atoms with E-state index in [2.05, 4.69) is 25.3 Å². The minimum atomic E-state index is 0.479. The van der Waals surface area contributed by atoms with Crippen molar-refractivity contribution >= 4 is 0 Å². The Hall–Kier alpha value is -2.48. The van der Waals surface area contributed by atoms with E-state index in [1.165, 1.54) is 5.56 Å². The molecular formula is C19H20O2. The van der Waals surface area contributed by atoms with Gasteiger partial charge in [0, 0.05) is 12.5 Å². The summed E-state index contributed by atoms with van der Waals surface area (Å²) in [4.78, 5) is 0. The van der Waals surface area contributed by atoms with E-state index in [1.807, 2.05) is 36.4 Å². The second-order valence-electron chi connectivity index (χ2n) is 4.63. The van der Waals surface area contributed by atoms with Crippen molar-refractivity contribution in [3.8, 4) is 11.5 Å². The van der Waals surface area contributed by atoms with Crippen LogP contribution in [0.5, 0.6) is 11.5 Å². The Bertz CT molecular complexity index is 588. The first-order valence-electron chi connectivity index (χ1n) is 6.97. The molecule has 0 saturated heterocycles. The molecule has 108 valence electrons. The molecule has 21 heavy (non-hydrogen) atoms. The molecule has 0 spiro atoms. The minimum Gasteiger partial charge on any atom is -0.489 e. The molecule has 0 aliphatic rings. The Balaban J connectivity index is 2.21. The summed E-state index contributed by atoms with van der Waals surface area (Å²) in [6, 6.07) is 16.3. The van der Waals surface area contributed by atoms with E-state index in [0.717, 1.165) is 23.5 Å². The first-order valence-corrected chi connectivity index (χ1v) is 6.97. The SMILES string of the molecule is C=CCOc1ccc(Cc2ccccc2)c(OCC=C)c1. The van der Waals surface area contributed by atoms with E-state index in [0.29, 0.717) is 13.2 Å². The fourth-order valence-corrected chi connectivity index (χ4v) is 2.02. The second-order valence-corrected chi connectivity index (χ2v) is 4.63. The van der Waals surface area contributed by atoms with Crippen molar-refractivity contribution in [2.45, 2.75) is 6.42 Å². The predicted molar refractivity (Wildman–Crippen MR) is 87.1 cm³/mol. The standard InChI is InChI=1S/C19H20O2/c1-3-12-20-18-11-10-17(19(15-18)21-13-4-2)14-16-8-6-5-7-9-16/h3-11,15H,1-2,12-14H2. The summed E-state index contributed by atoms with van der Waals surface area (Å²) in [6.07, 6.45) is 4.29. The smallest absolute Gasteiger partial charge is 0.126 e. The monoisotopic (exact) mass is 280 g/mol. The van der Waals surface area contributed by atoms with E-state index < -0.39 is 0 Å². The maximum atomic E-state index is 5.76. The first-order chi connectivity index (χ1) is 10.3. The Morgan fingerprint density at radius 2 is 1.57 bits per heavy atom. The average molecular weight is 280 g/mol. The van der Waals surface area contributed by atoms with Crippen LogP contribution in [0, 0.1) is 0 Å². The van der Waals surface area contributed by atoms with Crippen molar-refractivity contribution in [1.29, 1.82) is 0 Å². The highest BCUT2D eigenvalue weighted by atomic mass is 16.5. The molecule has 0 aliphatic heterocycles. The van der Waals surface area contributed by atoms with Gasteiger partial charge in [0.25, 0.3) is 0 Å². The van der Waals surface area contributed by atoms with Gasteiger partial charge in [-0.1, -0.05) is 61.7 Å². The maximum Gasteiger partial charge on any atom is 0.126 e. The Morgan fingerprint density at radius 3 is 2.29 bits per heavy atom. The number of benzene rings is 2. The van der Waals surface area contributed by atoms with Gasteiger partial charge in [0.1, 0.15) is 24.7 Å². The lowest BCUT2D eigenvalue weighted by Crippen LogP contribution is -2.00. The zero-order valence-electron chi connectivity index (χ0n) is 12.1. The van der Waals surface area contributed by atoms with Gasteiger partial charge in [-0.15, -0.1) is 0 Å². The fraction of sp³-hybridized carbons (Fsp3) is 0.158. The van der Waals surface area contributed by atoms with Gasteiger partial charge in [0.2, 0.25) is 0 Å². The first kappa shape index (κ1) is 14.9. The van der Waals surface area contributed by atoms with Crippen LogP contribution >= 0.6 is 0 Å². The Morgan fingerprint density at radius 1 is 0.857 bits per heavy atom. The molecule has 2 heteroatoms. The molecule has 2 aromatic rings. The van der Waals surface area contributed by atoms with Gasteiger partial charge in [0.05, 0.1) is 0 Å². The third kappa shape index (κ3) is 4.53. The summed E-state index contributed by atoms with van der Waals surface area (Å²) < 4.78 is 11.3. The van der Waals surface area contributed by atoms with Crippen LogP contribution in [0.25, 0.3) is 0 Å². The van der Waals surface area contributed by atoms with Crippen molar-refractivity contribution in [1.82, 2.24) is 0 Å². The molecule has 0 heterocycles. The molecule has 0 fully saturated rings. The van der Waals surface area contributed by atoms with E-state index in [-0.39, 0.29) is 0 Å². The molecule has 0 aromatic heterocycles. The number of hydrogen-bond donors (Lipinski definition) is 0. The molecule has 0 atom stereocenters. The van der Waals surface area contributed by atoms with Crippen LogP contribution in [-0.4, -0.2) is 13.2 Å². The summed E-state index contributed by atoms with van der Waals surface area (Å²) in [6.45, 7) is 8.31. The third-order valence-corrected chi connectivity index (χ3v) is 3.00. The van der Waals surface area contributed by atoms with Crippen molar-refractivity contribution in [3.05, 3.63) is 85.0 Å². The fourth-order valence-electron chi connectivity index (χ4n) is 2.02. The van der Waals surface area contributed by atoms with E-state index in [4.69, 9.17) is 9.47 Å². The van der Waals surface area contributed by atoms with Gasteiger partial charge in [-0.2, -0.15) is 0 Å². The molecule has 0 unspecified atom stereocenters. The van der Waals surface area contributed by atoms with Gasteiger partial charge in [-0.05, 0) is 17.2 Å². The van der Waals surface area contributed by atoms with E-state index in [1.54, 1.807) is 12.2 Å². The van der Waals surface area contributed by atoms with Crippen molar-refractivity contribution in [3.63, 3.8) is 0 Å². The summed E-state index contributed by atoms with van der Waals surface area (Å²) >= 11 is 0. The third-order valence-electron chi connectivity index (χ3n) is 3.00. The van der Waals surface area contributed by atoms with Crippen LogP contribution in [-0.2, 0) is 6.42 Å². The Labute approximate surface area is 126 Å². The lowest BCUT2D eigenvalue weighted by molar-refractivity contribution is 0.343. The lowest BCUT2D eigenvalue weighted by atomic mass is 10.0. The quantitative estimate of drug-likeness (QED) is 0.667. The molecule has 0 N–H and O–H groups in total. The maximum absolute atomic E-state index is 5.76. The van der Waals surface area contributed by atoms with Crippen molar-refractivity contribution in [2.75, 3.05) is 13.2 Å². The normalized spacial score (nSPS) is 9.90. The highest BCUT2D eigenvalue weighted by Crippen LogP contribution is 2.27. The summed E-state index contributed by atoms with van der Waals surface area (Å²) in [5, 5.41) is 0. The Kier molecular flexibility index (Phi) is 5.65. The van der Waals surface area contributed by atoms with Gasteiger partial charge in [-0.3, -0.25) is 0 Å². The number of ether oxygens (including phenoxy) is 2. The second kappa shape index (κ2) is 7.95. The predicted octanol–water partition coefficient (Wildman–Crippen LogP) is 4.41. The summed E-state index contributed by atoms with van der Waals surface area (Å²) in [5.74, 6) is 1.62. The van der Waals surface area contributed by atoms with Crippen LogP contribution in [0.1, 0.15) is 11.1 Å². The van der Waals surface area contributed by atoms with E-state index in [9.17, 15) is 0 Å². The average Bonchev–Trinajstić information content (AvgIpc) is 2.53. The summed E-state index contributed by atoms with van der Waals surface area (Å²) in [5.41, 5.74) is 2.38. The van der Waals surface area contributed by atoms with Crippen molar-refractivity contribution < 1.29 is 9.47 Å². The lowest BCUT2D eigenvalue weighted by Gasteiger charge is -2.13. The minimum absolute atomic E-state index is 0.479. The molecule has 0 saturated carbocycles. The van der Waals surface area contributed by atoms with Gasteiger partial charge >= 0.3 is 0 Å². The summed E-state index contributed by atoms with van der Waals surface area (Å²) in [7, 11) is 0. The van der Waals surface area contributed by atoms with Gasteiger partial charge in [0.15, 0.2) is 0 Å². The van der Waals surface area contributed by atoms with Crippen molar-refractivity contribution in [2.24, 2.45) is 0 Å². The highest BCUT2D eigenvalue weighted by molar-refractivity contribution is 5.43. The van der Waals surface area contributed by atoms with Gasteiger partial charge in [-0.25, -0.2) is 0 Å². The molecule has 2 rings (SSSR count).